The third-order valence-electron chi connectivity index (χ3n) is 4.43. The van der Waals surface area contributed by atoms with Crippen molar-refractivity contribution in [3.05, 3.63) is 46.5 Å². The van der Waals surface area contributed by atoms with Gasteiger partial charge in [-0.3, -0.25) is 4.79 Å². The van der Waals surface area contributed by atoms with Crippen LogP contribution in [0.25, 0.3) is 0 Å². The van der Waals surface area contributed by atoms with Crippen molar-refractivity contribution in [2.75, 3.05) is 19.6 Å². The number of amides is 1. The molecule has 2 aromatic heterocycles. The Balaban J connectivity index is 1.47. The van der Waals surface area contributed by atoms with Gasteiger partial charge < -0.3 is 19.7 Å². The van der Waals surface area contributed by atoms with Crippen molar-refractivity contribution in [1.29, 1.82) is 0 Å². The zero-order valence-corrected chi connectivity index (χ0v) is 14.0. The fourth-order valence-corrected chi connectivity index (χ4v) is 3.65. The number of nitrogens with one attached hydrogen (secondary N) is 1. The number of carbonyl (C=O) groups excluding carboxylic acids is 1. The first kappa shape index (κ1) is 16.2. The molecule has 124 valence electrons. The van der Waals surface area contributed by atoms with E-state index < -0.39 is 5.60 Å². The zero-order valence-electron chi connectivity index (χ0n) is 13.2. The maximum atomic E-state index is 12.2. The van der Waals surface area contributed by atoms with E-state index in [4.69, 9.17) is 4.42 Å². The second kappa shape index (κ2) is 6.86. The van der Waals surface area contributed by atoms with Gasteiger partial charge >= 0.3 is 0 Å². The summed E-state index contributed by atoms with van der Waals surface area (Å²) in [6.07, 6.45) is 4.80. The number of hydrogen-bond donors (Lipinski definition) is 2. The number of furan rings is 1. The van der Waals surface area contributed by atoms with Crippen molar-refractivity contribution in [3.8, 4) is 0 Å². The van der Waals surface area contributed by atoms with E-state index >= 15 is 0 Å². The molecule has 5 nitrogen and oxygen atoms in total. The van der Waals surface area contributed by atoms with E-state index in [0.29, 0.717) is 18.2 Å². The smallest absolute Gasteiger partial charge is 0.257 e. The molecule has 3 heterocycles. The highest BCUT2D eigenvalue weighted by atomic mass is 32.1. The molecule has 0 aromatic carbocycles. The quantitative estimate of drug-likeness (QED) is 0.881. The molecule has 1 saturated heterocycles. The summed E-state index contributed by atoms with van der Waals surface area (Å²) in [5, 5.41) is 17.9. The van der Waals surface area contributed by atoms with E-state index in [9.17, 15) is 9.90 Å². The monoisotopic (exact) mass is 334 g/mol. The van der Waals surface area contributed by atoms with Gasteiger partial charge in [-0.15, -0.1) is 0 Å². The van der Waals surface area contributed by atoms with Crippen LogP contribution in [-0.2, 0) is 5.60 Å². The fraction of sp³-hybridized carbons (Fsp3) is 0.471. The van der Waals surface area contributed by atoms with Gasteiger partial charge in [0.05, 0.1) is 17.4 Å². The Morgan fingerprint density at radius 2 is 2.26 bits per heavy atom. The van der Waals surface area contributed by atoms with Crippen LogP contribution in [0.1, 0.15) is 35.7 Å². The highest BCUT2D eigenvalue weighted by molar-refractivity contribution is 7.08. The summed E-state index contributed by atoms with van der Waals surface area (Å²) in [5.74, 6) is 0.0301. The molecular weight excluding hydrogens is 312 g/mol. The van der Waals surface area contributed by atoms with Crippen LogP contribution in [0.2, 0.25) is 0 Å². The van der Waals surface area contributed by atoms with Crippen LogP contribution < -0.4 is 5.32 Å². The van der Waals surface area contributed by atoms with E-state index in [1.54, 1.807) is 17.4 Å². The molecule has 0 bridgehead atoms. The molecule has 2 aromatic rings. The Morgan fingerprint density at radius 3 is 2.87 bits per heavy atom. The maximum absolute atomic E-state index is 12.2. The number of nitrogens with zero attached hydrogens (tertiary/aromatic N) is 1. The molecule has 3 rings (SSSR count). The Hall–Kier alpha value is -1.63. The van der Waals surface area contributed by atoms with E-state index in [1.165, 1.54) is 12.5 Å². The van der Waals surface area contributed by atoms with Crippen LogP contribution >= 0.6 is 11.3 Å². The summed E-state index contributed by atoms with van der Waals surface area (Å²) in [4.78, 5) is 14.1. The van der Waals surface area contributed by atoms with Crippen molar-refractivity contribution in [1.82, 2.24) is 10.2 Å². The van der Waals surface area contributed by atoms with Crippen molar-refractivity contribution in [3.63, 3.8) is 0 Å². The van der Waals surface area contributed by atoms with Gasteiger partial charge in [0.1, 0.15) is 6.26 Å². The average Bonchev–Trinajstić information content (AvgIpc) is 3.26. The Labute approximate surface area is 139 Å². The molecule has 23 heavy (non-hydrogen) atoms. The lowest BCUT2D eigenvalue weighted by molar-refractivity contribution is 0.0485. The molecule has 0 spiro atoms. The second-order valence-electron chi connectivity index (χ2n) is 6.25. The molecular formula is C17H22N2O3S. The molecule has 2 N–H and O–H groups in total. The van der Waals surface area contributed by atoms with Crippen LogP contribution in [0.15, 0.2) is 39.8 Å². The standard InChI is InChI=1S/C17H22N2O3S/c1-17(21,14-5-9-23-11-14)12-18-15-2-6-19(7-3-15)16(20)13-4-8-22-10-13/h4-5,8-11,15,18,21H,2-3,6-7,12H2,1H3/t17-/m0/s1. The molecule has 6 heteroatoms. The highest BCUT2D eigenvalue weighted by Crippen LogP contribution is 2.23. The third-order valence-corrected chi connectivity index (χ3v) is 5.11. The van der Waals surface area contributed by atoms with Crippen molar-refractivity contribution in [2.24, 2.45) is 0 Å². The number of carbonyl (C=O) groups is 1. The number of aliphatic hydroxyl groups is 1. The van der Waals surface area contributed by atoms with Crippen molar-refractivity contribution < 1.29 is 14.3 Å². The van der Waals surface area contributed by atoms with Gasteiger partial charge in [-0.25, -0.2) is 0 Å². The molecule has 0 aliphatic carbocycles. The zero-order chi connectivity index (χ0) is 16.3. The predicted octanol–water partition coefficient (Wildman–Crippen LogP) is 2.44. The van der Waals surface area contributed by atoms with E-state index in [-0.39, 0.29) is 5.91 Å². The van der Waals surface area contributed by atoms with Gasteiger partial charge in [0.25, 0.3) is 5.91 Å². The molecule has 1 amide bonds. The van der Waals surface area contributed by atoms with E-state index in [2.05, 4.69) is 5.32 Å². The number of piperidine rings is 1. The number of likely N-dealkylation sites (tertiary alicyclic amines) is 1. The van der Waals surface area contributed by atoms with Gasteiger partial charge in [0.2, 0.25) is 0 Å². The van der Waals surface area contributed by atoms with Crippen LogP contribution in [0, 0.1) is 0 Å². The van der Waals surface area contributed by atoms with Crippen LogP contribution in [0.3, 0.4) is 0 Å². The summed E-state index contributed by atoms with van der Waals surface area (Å²) < 4.78 is 4.97. The molecule has 1 aliphatic rings. The minimum Gasteiger partial charge on any atom is -0.472 e. The van der Waals surface area contributed by atoms with E-state index in [0.717, 1.165) is 31.5 Å². The van der Waals surface area contributed by atoms with Gasteiger partial charge in [-0.1, -0.05) is 0 Å². The first-order chi connectivity index (χ1) is 11.1. The van der Waals surface area contributed by atoms with Gasteiger partial charge in [0, 0.05) is 25.7 Å². The van der Waals surface area contributed by atoms with Crippen LogP contribution in [0.5, 0.6) is 0 Å². The van der Waals surface area contributed by atoms with Crippen LogP contribution in [0.4, 0.5) is 0 Å². The predicted molar refractivity (Wildman–Crippen MR) is 89.5 cm³/mol. The molecule has 1 aliphatic heterocycles. The molecule has 0 radical (unpaired) electrons. The minimum absolute atomic E-state index is 0.0301. The van der Waals surface area contributed by atoms with Gasteiger partial charge in [0.15, 0.2) is 0 Å². The lowest BCUT2D eigenvalue weighted by atomic mass is 9.97. The third kappa shape index (κ3) is 3.83. The highest BCUT2D eigenvalue weighted by Gasteiger charge is 2.27. The van der Waals surface area contributed by atoms with Crippen molar-refractivity contribution >= 4 is 17.2 Å². The number of hydrogen-bond acceptors (Lipinski definition) is 5. The summed E-state index contributed by atoms with van der Waals surface area (Å²) in [6, 6.07) is 3.98. The summed E-state index contributed by atoms with van der Waals surface area (Å²) in [6.45, 7) is 3.80. The minimum atomic E-state index is -0.857. The summed E-state index contributed by atoms with van der Waals surface area (Å²) in [7, 11) is 0. The second-order valence-corrected chi connectivity index (χ2v) is 7.03. The molecule has 1 fully saturated rings. The first-order valence-corrected chi connectivity index (χ1v) is 8.80. The maximum Gasteiger partial charge on any atom is 0.257 e. The molecule has 0 unspecified atom stereocenters. The molecule has 1 atom stereocenters. The number of thiophene rings is 1. The Kier molecular flexibility index (Phi) is 4.84. The van der Waals surface area contributed by atoms with Gasteiger partial charge in [-0.2, -0.15) is 11.3 Å². The van der Waals surface area contributed by atoms with Gasteiger partial charge in [-0.05, 0) is 48.2 Å². The largest absolute Gasteiger partial charge is 0.472 e. The van der Waals surface area contributed by atoms with E-state index in [1.807, 2.05) is 28.7 Å². The topological polar surface area (TPSA) is 65.7 Å². The summed E-state index contributed by atoms with van der Waals surface area (Å²) in [5.41, 5.74) is 0.698. The Bertz CT molecular complexity index is 614. The SMILES string of the molecule is C[C@](O)(CNC1CCN(C(=O)c2ccoc2)CC1)c1ccsc1. The normalized spacial score (nSPS) is 18.8. The summed E-state index contributed by atoms with van der Waals surface area (Å²) >= 11 is 1.59. The average molecular weight is 334 g/mol. The molecule has 0 saturated carbocycles. The van der Waals surface area contributed by atoms with Crippen LogP contribution in [-0.4, -0.2) is 41.6 Å². The lowest BCUT2D eigenvalue weighted by Gasteiger charge is -2.34. The fourth-order valence-electron chi connectivity index (χ4n) is 2.87. The van der Waals surface area contributed by atoms with Crippen molar-refractivity contribution in [2.45, 2.75) is 31.4 Å². The lowest BCUT2D eigenvalue weighted by Crippen LogP contribution is -2.48. The Morgan fingerprint density at radius 1 is 1.48 bits per heavy atom. The first-order valence-electron chi connectivity index (χ1n) is 7.86. The number of rotatable bonds is 5.